The lowest BCUT2D eigenvalue weighted by molar-refractivity contribution is -0.157. The molecule has 156 valence electrons. The minimum absolute atomic E-state index is 0.0505. The highest BCUT2D eigenvalue weighted by Gasteiger charge is 2.30. The molecule has 0 aliphatic heterocycles. The van der Waals surface area contributed by atoms with Gasteiger partial charge in [0.15, 0.2) is 0 Å². The molecule has 0 saturated heterocycles. The molecular weight excluding hydrogens is 446 g/mol. The van der Waals surface area contributed by atoms with Crippen molar-refractivity contribution in [3.05, 3.63) is 59.7 Å². The van der Waals surface area contributed by atoms with Crippen molar-refractivity contribution in [2.45, 2.75) is 44.8 Å². The molecule has 1 aliphatic carbocycles. The first-order valence-electron chi connectivity index (χ1n) is 9.73. The molecule has 5 nitrogen and oxygen atoms in total. The van der Waals surface area contributed by atoms with E-state index in [1.165, 1.54) is 0 Å². The second-order valence-electron chi connectivity index (χ2n) is 8.03. The molecule has 1 N–H and O–H groups in total. The molecule has 1 atom stereocenters. The van der Waals surface area contributed by atoms with Crippen molar-refractivity contribution in [1.82, 2.24) is 5.32 Å². The number of hydrogen-bond acceptors (Lipinski definition) is 4. The minimum Gasteiger partial charge on any atom is -0.458 e. The highest BCUT2D eigenvalue weighted by molar-refractivity contribution is 9.12. The fourth-order valence-electron chi connectivity index (χ4n) is 3.49. The molecule has 0 heterocycles. The number of benzene rings is 2. The molecule has 0 radical (unpaired) electrons. The highest BCUT2D eigenvalue weighted by atomic mass is 79.9. The Morgan fingerprint density at radius 3 is 2.17 bits per heavy atom. The fraction of sp³-hybridized carbons (Fsp3) is 0.333. The van der Waals surface area contributed by atoms with Gasteiger partial charge in [-0.25, -0.2) is 9.59 Å². The molecule has 0 aromatic heterocycles. The molecule has 3 rings (SSSR count). The summed E-state index contributed by atoms with van der Waals surface area (Å²) in [6, 6.07) is 15.3. The molecule has 1 amide bonds. The Kier molecular flexibility index (Phi) is 6.84. The summed E-state index contributed by atoms with van der Waals surface area (Å²) in [7, 11) is 0. The van der Waals surface area contributed by atoms with Gasteiger partial charge in [-0.15, -0.1) is 0 Å². The zero-order valence-electron chi connectivity index (χ0n) is 17.2. The monoisotopic (exact) mass is 469 g/mol. The quantitative estimate of drug-likeness (QED) is 0.495. The van der Waals surface area contributed by atoms with Gasteiger partial charge in [0.05, 0.1) is 0 Å². The predicted molar refractivity (Wildman–Crippen MR) is 119 cm³/mol. The van der Waals surface area contributed by atoms with E-state index in [0.29, 0.717) is 0 Å². The summed E-state index contributed by atoms with van der Waals surface area (Å²) in [4.78, 5) is 27.4. The van der Waals surface area contributed by atoms with Gasteiger partial charge in [-0.2, -0.15) is 0 Å². The fourth-order valence-corrected chi connectivity index (χ4v) is 3.65. The summed E-state index contributed by atoms with van der Waals surface area (Å²) in [5.74, 6) is 2.14. The van der Waals surface area contributed by atoms with Crippen LogP contribution in [0.25, 0.3) is 11.1 Å². The first kappa shape index (κ1) is 21.9. The Hall–Kier alpha value is -2.78. The van der Waals surface area contributed by atoms with E-state index in [1.54, 1.807) is 20.8 Å². The summed E-state index contributed by atoms with van der Waals surface area (Å²) < 4.78 is 10.9. The van der Waals surface area contributed by atoms with Gasteiger partial charge in [0, 0.05) is 28.3 Å². The number of ether oxygens (including phenoxy) is 2. The summed E-state index contributed by atoms with van der Waals surface area (Å²) >= 11 is 3.00. The van der Waals surface area contributed by atoms with Gasteiger partial charge in [0.2, 0.25) is 0 Å². The first-order chi connectivity index (χ1) is 14.3. The van der Waals surface area contributed by atoms with Gasteiger partial charge in [-0.1, -0.05) is 54.5 Å². The van der Waals surface area contributed by atoms with Crippen LogP contribution >= 0.6 is 15.9 Å². The van der Waals surface area contributed by atoms with Crippen molar-refractivity contribution in [1.29, 1.82) is 0 Å². The lowest BCUT2D eigenvalue weighted by Crippen LogP contribution is -2.44. The number of halogens is 1. The second kappa shape index (κ2) is 9.36. The van der Waals surface area contributed by atoms with Crippen LogP contribution < -0.4 is 5.32 Å². The summed E-state index contributed by atoms with van der Waals surface area (Å²) in [5, 5.41) is 2.59. The first-order valence-corrected chi connectivity index (χ1v) is 10.5. The van der Waals surface area contributed by atoms with Crippen LogP contribution in [0.1, 0.15) is 44.2 Å². The number of hydrogen-bond donors (Lipinski definition) is 1. The van der Waals surface area contributed by atoms with E-state index in [1.807, 2.05) is 24.3 Å². The number of amides is 1. The molecule has 1 aliphatic rings. The van der Waals surface area contributed by atoms with Crippen LogP contribution in [0.2, 0.25) is 0 Å². The number of carbonyl (C=O) groups excluding carboxylic acids is 2. The molecule has 0 unspecified atom stereocenters. The zero-order valence-corrected chi connectivity index (χ0v) is 18.8. The average Bonchev–Trinajstić information content (AvgIpc) is 3.02. The molecule has 0 fully saturated rings. The number of alkyl carbamates (subject to hydrolysis) is 1. The summed E-state index contributed by atoms with van der Waals surface area (Å²) in [6.45, 7) is 5.48. The molecule has 0 spiro atoms. The van der Waals surface area contributed by atoms with Crippen molar-refractivity contribution in [3.8, 4) is 21.9 Å². The zero-order chi connectivity index (χ0) is 21.7. The Labute approximate surface area is 185 Å². The third-order valence-corrected chi connectivity index (χ3v) is 4.98. The van der Waals surface area contributed by atoms with Gasteiger partial charge in [-0.05, 0) is 47.9 Å². The van der Waals surface area contributed by atoms with Gasteiger partial charge < -0.3 is 14.8 Å². The summed E-state index contributed by atoms with van der Waals surface area (Å²) in [5.41, 5.74) is 3.89. The lowest BCUT2D eigenvalue weighted by Gasteiger charge is -2.23. The molecule has 6 heteroatoms. The van der Waals surface area contributed by atoms with Crippen molar-refractivity contribution >= 4 is 28.0 Å². The van der Waals surface area contributed by atoms with Crippen LogP contribution in [-0.2, 0) is 14.3 Å². The van der Waals surface area contributed by atoms with Crippen LogP contribution in [0.3, 0.4) is 0 Å². The van der Waals surface area contributed by atoms with Gasteiger partial charge in [0.25, 0.3) is 0 Å². The van der Waals surface area contributed by atoms with E-state index >= 15 is 0 Å². The maximum absolute atomic E-state index is 12.5. The average molecular weight is 470 g/mol. The van der Waals surface area contributed by atoms with Crippen molar-refractivity contribution in [3.63, 3.8) is 0 Å². The number of esters is 1. The lowest BCUT2D eigenvalue weighted by atomic mass is 9.98. The predicted octanol–water partition coefficient (Wildman–Crippen LogP) is 4.98. The van der Waals surface area contributed by atoms with E-state index in [0.717, 1.165) is 22.3 Å². The van der Waals surface area contributed by atoms with E-state index in [-0.39, 0.29) is 18.9 Å². The van der Waals surface area contributed by atoms with E-state index in [9.17, 15) is 9.59 Å². The maximum atomic E-state index is 12.5. The van der Waals surface area contributed by atoms with Crippen LogP contribution in [0.15, 0.2) is 48.5 Å². The largest absolute Gasteiger partial charge is 0.458 e. The van der Waals surface area contributed by atoms with Gasteiger partial charge in [-0.3, -0.25) is 0 Å². The van der Waals surface area contributed by atoms with Crippen LogP contribution in [0.4, 0.5) is 4.79 Å². The highest BCUT2D eigenvalue weighted by Crippen LogP contribution is 2.44. The number of carbonyl (C=O) groups is 2. The Morgan fingerprint density at radius 1 is 1.07 bits per heavy atom. The number of fused-ring (bicyclic) bond motifs is 3. The number of nitrogens with one attached hydrogen (secondary N) is 1. The molecule has 2 aromatic carbocycles. The van der Waals surface area contributed by atoms with E-state index in [2.05, 4.69) is 56.3 Å². The molecule has 0 bridgehead atoms. The summed E-state index contributed by atoms with van der Waals surface area (Å²) in [6.07, 6.45) is -0.561. The third-order valence-electron chi connectivity index (χ3n) is 4.70. The maximum Gasteiger partial charge on any atom is 0.407 e. The third kappa shape index (κ3) is 5.22. The second-order valence-corrected chi connectivity index (χ2v) is 8.43. The SMILES string of the molecule is CC(C)(C)OC(=O)[C@H](CC#CBr)NC(=O)OCC1c2ccccc2-c2ccccc21. The minimum atomic E-state index is -0.912. The van der Waals surface area contributed by atoms with Gasteiger partial charge >= 0.3 is 12.1 Å². The Morgan fingerprint density at radius 2 is 1.63 bits per heavy atom. The van der Waals surface area contributed by atoms with Crippen molar-refractivity contribution in [2.24, 2.45) is 0 Å². The number of rotatable bonds is 5. The van der Waals surface area contributed by atoms with Crippen LogP contribution in [0.5, 0.6) is 0 Å². The smallest absolute Gasteiger partial charge is 0.407 e. The van der Waals surface area contributed by atoms with Gasteiger partial charge in [0.1, 0.15) is 18.2 Å². The topological polar surface area (TPSA) is 64.6 Å². The van der Waals surface area contributed by atoms with E-state index in [4.69, 9.17) is 9.47 Å². The Balaban J connectivity index is 1.68. The molecule has 30 heavy (non-hydrogen) atoms. The van der Waals surface area contributed by atoms with E-state index < -0.39 is 23.7 Å². The van der Waals surface area contributed by atoms with Crippen LogP contribution in [0, 0.1) is 10.8 Å². The van der Waals surface area contributed by atoms with Crippen molar-refractivity contribution < 1.29 is 19.1 Å². The van der Waals surface area contributed by atoms with Crippen molar-refractivity contribution in [2.75, 3.05) is 6.61 Å². The standard InChI is InChI=1S/C24H24BrNO4/c1-24(2,3)30-22(27)21(13-8-14-25)26-23(28)29-15-20-18-11-6-4-9-16(18)17-10-5-7-12-19(17)20/h4-7,9-12,20-21H,13,15H2,1-3H3,(H,26,28)/t21-/m0/s1. The molecule has 2 aromatic rings. The van der Waals surface area contributed by atoms with Crippen LogP contribution in [-0.4, -0.2) is 30.3 Å². The molecular formula is C24H24BrNO4. The normalized spacial score (nSPS) is 13.3. The molecule has 0 saturated carbocycles. The Bertz CT molecular complexity index is 954.